The zero-order valence-electron chi connectivity index (χ0n) is 8.67. The molecule has 0 atom stereocenters. The fourth-order valence-electron chi connectivity index (χ4n) is 1.25. The number of aryl methyl sites for hydroxylation is 1. The van der Waals surface area contributed by atoms with Crippen LogP contribution in [0.2, 0.25) is 0 Å². The van der Waals surface area contributed by atoms with Gasteiger partial charge in [0.05, 0.1) is 13.1 Å². The highest BCUT2D eigenvalue weighted by Gasteiger charge is 2.07. The van der Waals surface area contributed by atoms with Gasteiger partial charge in [0.1, 0.15) is 5.01 Å². The second-order valence-electron chi connectivity index (χ2n) is 3.31. The first-order chi connectivity index (χ1) is 7.24. The van der Waals surface area contributed by atoms with Gasteiger partial charge in [-0.25, -0.2) is 4.98 Å². The number of hydrogen-bond acceptors (Lipinski definition) is 6. The van der Waals surface area contributed by atoms with Gasteiger partial charge in [0.2, 0.25) is 11.8 Å². The second-order valence-corrected chi connectivity index (χ2v) is 4.29. The molecule has 0 aliphatic rings. The summed E-state index contributed by atoms with van der Waals surface area (Å²) in [6.45, 7) is 3.25. The summed E-state index contributed by atoms with van der Waals surface area (Å²) in [5.74, 6) is 1.25. The normalized spacial score (nSPS) is 11.1. The minimum absolute atomic E-state index is 0.604. The van der Waals surface area contributed by atoms with Gasteiger partial charge >= 0.3 is 0 Å². The Morgan fingerprint density at radius 3 is 2.87 bits per heavy atom. The van der Waals surface area contributed by atoms with Gasteiger partial charge in [-0.05, 0) is 7.05 Å². The van der Waals surface area contributed by atoms with Crippen molar-refractivity contribution in [3.63, 3.8) is 0 Å². The SMILES string of the molecule is Cc1nnc(CN(C)Cc2nccs2)o1. The molecule has 0 bridgehead atoms. The Morgan fingerprint density at radius 2 is 2.27 bits per heavy atom. The van der Waals surface area contributed by atoms with Crippen molar-refractivity contribution in [3.05, 3.63) is 28.4 Å². The molecule has 0 saturated heterocycles. The van der Waals surface area contributed by atoms with Crippen molar-refractivity contribution < 1.29 is 4.42 Å². The summed E-state index contributed by atoms with van der Waals surface area (Å²) in [5.41, 5.74) is 0. The molecule has 80 valence electrons. The third-order valence-electron chi connectivity index (χ3n) is 1.86. The molecular formula is C9H12N4OS. The summed E-state index contributed by atoms with van der Waals surface area (Å²) in [4.78, 5) is 6.30. The van der Waals surface area contributed by atoms with Crippen LogP contribution in [0.15, 0.2) is 16.0 Å². The molecule has 5 nitrogen and oxygen atoms in total. The maximum Gasteiger partial charge on any atom is 0.230 e. The van der Waals surface area contributed by atoms with E-state index in [1.165, 1.54) is 0 Å². The Hall–Kier alpha value is -1.27. The molecule has 2 heterocycles. The summed E-state index contributed by atoms with van der Waals surface area (Å²) in [6.07, 6.45) is 1.81. The lowest BCUT2D eigenvalue weighted by molar-refractivity contribution is 0.278. The van der Waals surface area contributed by atoms with Gasteiger partial charge in [-0.1, -0.05) is 0 Å². The number of rotatable bonds is 4. The summed E-state index contributed by atoms with van der Waals surface area (Å²) in [6, 6.07) is 0. The molecule has 6 heteroatoms. The molecule has 0 saturated carbocycles. The summed E-state index contributed by atoms with van der Waals surface area (Å²) < 4.78 is 5.29. The first-order valence-corrected chi connectivity index (χ1v) is 5.48. The van der Waals surface area contributed by atoms with Crippen LogP contribution in [0.25, 0.3) is 0 Å². The quantitative estimate of drug-likeness (QED) is 0.787. The molecule has 0 aliphatic heterocycles. The number of thiazole rings is 1. The maximum absolute atomic E-state index is 5.29. The van der Waals surface area contributed by atoms with Gasteiger partial charge in [0.25, 0.3) is 0 Å². The molecule has 0 amide bonds. The van der Waals surface area contributed by atoms with Gasteiger partial charge in [0, 0.05) is 18.5 Å². The molecular weight excluding hydrogens is 212 g/mol. The third-order valence-corrected chi connectivity index (χ3v) is 2.63. The average molecular weight is 224 g/mol. The molecule has 0 unspecified atom stereocenters. The minimum atomic E-state index is 0.604. The molecule has 0 N–H and O–H groups in total. The topological polar surface area (TPSA) is 55.1 Å². The van der Waals surface area contributed by atoms with Crippen LogP contribution in [0.1, 0.15) is 16.8 Å². The van der Waals surface area contributed by atoms with Crippen LogP contribution in [-0.4, -0.2) is 27.1 Å². The van der Waals surface area contributed by atoms with E-state index in [-0.39, 0.29) is 0 Å². The second kappa shape index (κ2) is 4.50. The number of nitrogens with zero attached hydrogens (tertiary/aromatic N) is 4. The fourth-order valence-corrected chi connectivity index (χ4v) is 1.95. The summed E-state index contributed by atoms with van der Waals surface area (Å²) >= 11 is 1.65. The third kappa shape index (κ3) is 2.84. The average Bonchev–Trinajstić information content (AvgIpc) is 2.77. The Labute approximate surface area is 91.8 Å². The predicted octanol–water partition coefficient (Wildman–Crippen LogP) is 1.47. The van der Waals surface area contributed by atoms with E-state index in [2.05, 4.69) is 20.1 Å². The molecule has 15 heavy (non-hydrogen) atoms. The zero-order chi connectivity index (χ0) is 10.7. The van der Waals surface area contributed by atoms with Gasteiger partial charge in [-0.3, -0.25) is 4.90 Å². The number of hydrogen-bond donors (Lipinski definition) is 0. The standard InChI is InChI=1S/C9H12N4OS/c1-7-11-12-8(14-7)5-13(2)6-9-10-3-4-15-9/h3-4H,5-6H2,1-2H3. The van der Waals surface area contributed by atoms with Gasteiger partial charge in [-0.2, -0.15) is 0 Å². The van der Waals surface area contributed by atoms with Crippen LogP contribution in [0.4, 0.5) is 0 Å². The lowest BCUT2D eigenvalue weighted by Crippen LogP contribution is -2.17. The monoisotopic (exact) mass is 224 g/mol. The smallest absolute Gasteiger partial charge is 0.230 e. The molecule has 2 rings (SSSR count). The van der Waals surface area contributed by atoms with Crippen LogP contribution >= 0.6 is 11.3 Å². The van der Waals surface area contributed by atoms with Crippen LogP contribution in [0.5, 0.6) is 0 Å². The van der Waals surface area contributed by atoms with E-state index >= 15 is 0 Å². The lowest BCUT2D eigenvalue weighted by Gasteiger charge is -2.11. The molecule has 0 spiro atoms. The van der Waals surface area contributed by atoms with Crippen molar-refractivity contribution in [2.45, 2.75) is 20.0 Å². The highest BCUT2D eigenvalue weighted by atomic mass is 32.1. The van der Waals surface area contributed by atoms with E-state index in [9.17, 15) is 0 Å². The summed E-state index contributed by atoms with van der Waals surface area (Å²) in [7, 11) is 2.00. The van der Waals surface area contributed by atoms with Crippen molar-refractivity contribution >= 4 is 11.3 Å². The molecule has 0 radical (unpaired) electrons. The highest BCUT2D eigenvalue weighted by Crippen LogP contribution is 2.09. The first-order valence-electron chi connectivity index (χ1n) is 4.60. The lowest BCUT2D eigenvalue weighted by atomic mass is 10.5. The Bertz CT molecular complexity index is 411. The maximum atomic E-state index is 5.29. The molecule has 2 aromatic rings. The van der Waals surface area contributed by atoms with E-state index in [4.69, 9.17) is 4.42 Å². The van der Waals surface area contributed by atoms with E-state index in [0.717, 1.165) is 11.6 Å². The number of aromatic nitrogens is 3. The van der Waals surface area contributed by atoms with E-state index in [1.54, 1.807) is 18.3 Å². The zero-order valence-corrected chi connectivity index (χ0v) is 9.49. The first kappa shape index (κ1) is 10.3. The van der Waals surface area contributed by atoms with Crippen molar-refractivity contribution in [1.29, 1.82) is 0 Å². The highest BCUT2D eigenvalue weighted by molar-refractivity contribution is 7.09. The van der Waals surface area contributed by atoms with Gasteiger partial charge < -0.3 is 4.42 Å². The molecule has 0 fully saturated rings. The Kier molecular flexibility index (Phi) is 3.08. The summed E-state index contributed by atoms with van der Waals surface area (Å²) in [5, 5.41) is 10.8. The van der Waals surface area contributed by atoms with Crippen LogP contribution in [0.3, 0.4) is 0 Å². The van der Waals surface area contributed by atoms with E-state index in [1.807, 2.05) is 18.6 Å². The molecule has 0 aromatic carbocycles. The predicted molar refractivity (Wildman–Crippen MR) is 56.3 cm³/mol. The largest absolute Gasteiger partial charge is 0.424 e. The van der Waals surface area contributed by atoms with Gasteiger partial charge in [0.15, 0.2) is 0 Å². The molecule has 2 aromatic heterocycles. The van der Waals surface area contributed by atoms with Crippen molar-refractivity contribution in [2.24, 2.45) is 0 Å². The van der Waals surface area contributed by atoms with Crippen molar-refractivity contribution in [1.82, 2.24) is 20.1 Å². The van der Waals surface area contributed by atoms with Crippen LogP contribution in [0, 0.1) is 6.92 Å². The van der Waals surface area contributed by atoms with E-state index in [0.29, 0.717) is 18.3 Å². The van der Waals surface area contributed by atoms with Crippen LogP contribution in [-0.2, 0) is 13.1 Å². The van der Waals surface area contributed by atoms with E-state index < -0.39 is 0 Å². The van der Waals surface area contributed by atoms with Gasteiger partial charge in [-0.15, -0.1) is 21.5 Å². The van der Waals surface area contributed by atoms with Crippen LogP contribution < -0.4 is 0 Å². The molecule has 0 aliphatic carbocycles. The Balaban J connectivity index is 1.90. The fraction of sp³-hybridized carbons (Fsp3) is 0.444. The minimum Gasteiger partial charge on any atom is -0.424 e. The van der Waals surface area contributed by atoms with Crippen molar-refractivity contribution in [3.8, 4) is 0 Å². The Morgan fingerprint density at radius 1 is 1.40 bits per heavy atom. The van der Waals surface area contributed by atoms with Crippen molar-refractivity contribution in [2.75, 3.05) is 7.05 Å².